The van der Waals surface area contributed by atoms with Crippen LogP contribution in [0, 0.1) is 5.92 Å². The van der Waals surface area contributed by atoms with Gasteiger partial charge in [-0.1, -0.05) is 25.4 Å². The summed E-state index contributed by atoms with van der Waals surface area (Å²) in [5, 5.41) is 0.650. The molecule has 0 aliphatic carbocycles. The predicted molar refractivity (Wildman–Crippen MR) is 112 cm³/mol. The Morgan fingerprint density at radius 3 is 2.50 bits per heavy atom. The standard InChI is InChI=1S/C22H30ClN3O2/c1-16(2)20-24-11-14-26(20)15-17-9-12-25(13-10-17)21(27)22(3,4)28-19-7-5-18(23)6-8-19/h5-8,11,14,16-17H,9-10,12-13,15H2,1-4H3. The molecule has 0 radical (unpaired) electrons. The molecule has 0 spiro atoms. The van der Waals surface area contributed by atoms with Crippen LogP contribution in [0.4, 0.5) is 0 Å². The van der Waals surface area contributed by atoms with Crippen LogP contribution in [0.15, 0.2) is 36.7 Å². The van der Waals surface area contributed by atoms with Crippen molar-refractivity contribution >= 4 is 17.5 Å². The Morgan fingerprint density at radius 1 is 1.25 bits per heavy atom. The van der Waals surface area contributed by atoms with Crippen LogP contribution in [0.5, 0.6) is 5.75 Å². The second kappa shape index (κ2) is 8.56. The molecule has 1 aliphatic heterocycles. The van der Waals surface area contributed by atoms with E-state index in [2.05, 4.69) is 29.6 Å². The quantitative estimate of drug-likeness (QED) is 0.698. The molecule has 1 aliphatic rings. The fraction of sp³-hybridized carbons (Fsp3) is 0.545. The number of imidazole rings is 1. The third-order valence-corrected chi connectivity index (χ3v) is 5.57. The topological polar surface area (TPSA) is 47.4 Å². The highest BCUT2D eigenvalue weighted by atomic mass is 35.5. The van der Waals surface area contributed by atoms with Crippen molar-refractivity contribution in [3.63, 3.8) is 0 Å². The Hall–Kier alpha value is -2.01. The van der Waals surface area contributed by atoms with E-state index in [1.54, 1.807) is 24.3 Å². The highest BCUT2D eigenvalue weighted by Crippen LogP contribution is 2.26. The minimum absolute atomic E-state index is 0.0337. The number of carbonyl (C=O) groups excluding carboxylic acids is 1. The molecule has 0 bridgehead atoms. The number of likely N-dealkylation sites (tertiary alicyclic amines) is 1. The summed E-state index contributed by atoms with van der Waals surface area (Å²) in [7, 11) is 0. The van der Waals surface area contributed by atoms with Crippen molar-refractivity contribution < 1.29 is 9.53 Å². The second-order valence-electron chi connectivity index (χ2n) is 8.39. The number of nitrogens with zero attached hydrogens (tertiary/aromatic N) is 3. The maximum atomic E-state index is 13.0. The first-order chi connectivity index (χ1) is 13.3. The van der Waals surface area contributed by atoms with E-state index >= 15 is 0 Å². The van der Waals surface area contributed by atoms with Gasteiger partial charge in [0.1, 0.15) is 11.6 Å². The minimum Gasteiger partial charge on any atom is -0.478 e. The van der Waals surface area contributed by atoms with Gasteiger partial charge in [0, 0.05) is 43.0 Å². The number of ether oxygens (including phenoxy) is 1. The van der Waals surface area contributed by atoms with E-state index in [0.29, 0.717) is 22.6 Å². The second-order valence-corrected chi connectivity index (χ2v) is 8.83. The third-order valence-electron chi connectivity index (χ3n) is 5.32. The number of amides is 1. The SMILES string of the molecule is CC(C)c1nccn1CC1CCN(C(=O)C(C)(C)Oc2ccc(Cl)cc2)CC1. The Bertz CT molecular complexity index is 790. The van der Waals surface area contributed by atoms with Gasteiger partial charge < -0.3 is 14.2 Å². The minimum atomic E-state index is -0.907. The Balaban J connectivity index is 1.55. The first-order valence-corrected chi connectivity index (χ1v) is 10.4. The zero-order chi connectivity index (χ0) is 20.3. The van der Waals surface area contributed by atoms with Crippen molar-refractivity contribution in [2.45, 2.75) is 58.6 Å². The summed E-state index contributed by atoms with van der Waals surface area (Å²) in [5.74, 6) is 2.81. The van der Waals surface area contributed by atoms with Gasteiger partial charge >= 0.3 is 0 Å². The molecule has 1 aromatic carbocycles. The van der Waals surface area contributed by atoms with Crippen LogP contribution in [0.2, 0.25) is 5.02 Å². The van der Waals surface area contributed by atoms with E-state index in [1.807, 2.05) is 24.9 Å². The number of benzene rings is 1. The van der Waals surface area contributed by atoms with E-state index in [4.69, 9.17) is 16.3 Å². The Morgan fingerprint density at radius 2 is 1.89 bits per heavy atom. The normalized spacial score (nSPS) is 15.9. The average molecular weight is 404 g/mol. The van der Waals surface area contributed by atoms with Crippen molar-refractivity contribution in [2.24, 2.45) is 5.92 Å². The third kappa shape index (κ3) is 4.88. The van der Waals surface area contributed by atoms with Crippen LogP contribution in [-0.2, 0) is 11.3 Å². The summed E-state index contributed by atoms with van der Waals surface area (Å²) in [6, 6.07) is 7.12. The van der Waals surface area contributed by atoms with Gasteiger partial charge in [-0.25, -0.2) is 4.98 Å². The molecular weight excluding hydrogens is 374 g/mol. The van der Waals surface area contributed by atoms with Crippen molar-refractivity contribution in [2.75, 3.05) is 13.1 Å². The molecular formula is C22H30ClN3O2. The highest BCUT2D eigenvalue weighted by Gasteiger charge is 2.36. The molecule has 152 valence electrons. The molecule has 5 nitrogen and oxygen atoms in total. The van der Waals surface area contributed by atoms with Gasteiger partial charge in [0.15, 0.2) is 5.60 Å². The molecule has 0 saturated carbocycles. The lowest BCUT2D eigenvalue weighted by molar-refractivity contribution is -0.147. The maximum Gasteiger partial charge on any atom is 0.266 e. The van der Waals surface area contributed by atoms with Gasteiger partial charge in [-0.15, -0.1) is 0 Å². The van der Waals surface area contributed by atoms with Crippen LogP contribution < -0.4 is 4.74 Å². The van der Waals surface area contributed by atoms with E-state index in [1.165, 1.54) is 0 Å². The molecule has 1 aromatic heterocycles. The van der Waals surface area contributed by atoms with E-state index < -0.39 is 5.60 Å². The van der Waals surface area contributed by atoms with Gasteiger partial charge in [-0.3, -0.25) is 4.79 Å². The summed E-state index contributed by atoms with van der Waals surface area (Å²) in [6.07, 6.45) is 5.94. The molecule has 1 amide bonds. The first-order valence-electron chi connectivity index (χ1n) is 10.0. The van der Waals surface area contributed by atoms with Gasteiger partial charge in [0.25, 0.3) is 5.91 Å². The van der Waals surface area contributed by atoms with E-state index in [9.17, 15) is 4.79 Å². The molecule has 1 saturated heterocycles. The predicted octanol–water partition coefficient (Wildman–Crippen LogP) is 4.76. The number of carbonyl (C=O) groups is 1. The van der Waals surface area contributed by atoms with E-state index in [-0.39, 0.29) is 5.91 Å². The van der Waals surface area contributed by atoms with Crippen LogP contribution in [0.3, 0.4) is 0 Å². The Labute approximate surface area is 172 Å². The van der Waals surface area contributed by atoms with Gasteiger partial charge in [0.05, 0.1) is 0 Å². The zero-order valence-electron chi connectivity index (χ0n) is 17.2. The molecule has 3 rings (SSSR count). The zero-order valence-corrected chi connectivity index (χ0v) is 17.9. The molecule has 0 atom stereocenters. The Kier molecular flexibility index (Phi) is 6.33. The molecule has 0 unspecified atom stereocenters. The summed E-state index contributed by atoms with van der Waals surface area (Å²) in [5.41, 5.74) is -0.907. The molecule has 2 aromatic rings. The number of hydrogen-bond donors (Lipinski definition) is 0. The fourth-order valence-corrected chi connectivity index (χ4v) is 3.92. The number of piperidine rings is 1. The number of hydrogen-bond acceptors (Lipinski definition) is 3. The smallest absolute Gasteiger partial charge is 0.266 e. The fourth-order valence-electron chi connectivity index (χ4n) is 3.79. The average Bonchev–Trinajstić information content (AvgIpc) is 3.12. The lowest BCUT2D eigenvalue weighted by Gasteiger charge is -2.37. The largest absolute Gasteiger partial charge is 0.478 e. The van der Waals surface area contributed by atoms with Crippen molar-refractivity contribution in [3.05, 3.63) is 47.5 Å². The number of rotatable bonds is 6. The van der Waals surface area contributed by atoms with Crippen LogP contribution in [0.25, 0.3) is 0 Å². The van der Waals surface area contributed by atoms with Gasteiger partial charge in [0.2, 0.25) is 0 Å². The van der Waals surface area contributed by atoms with Crippen LogP contribution in [0.1, 0.15) is 52.3 Å². The maximum absolute atomic E-state index is 13.0. The highest BCUT2D eigenvalue weighted by molar-refractivity contribution is 6.30. The number of aromatic nitrogens is 2. The van der Waals surface area contributed by atoms with E-state index in [0.717, 1.165) is 38.3 Å². The summed E-state index contributed by atoms with van der Waals surface area (Å²) in [4.78, 5) is 19.4. The summed E-state index contributed by atoms with van der Waals surface area (Å²) in [6.45, 7) is 10.5. The van der Waals surface area contributed by atoms with Crippen molar-refractivity contribution in [3.8, 4) is 5.75 Å². The van der Waals surface area contributed by atoms with Crippen LogP contribution >= 0.6 is 11.6 Å². The molecule has 6 heteroatoms. The number of halogens is 1. The lowest BCUT2D eigenvalue weighted by atomic mass is 9.95. The van der Waals surface area contributed by atoms with Crippen molar-refractivity contribution in [1.82, 2.24) is 14.5 Å². The molecule has 2 heterocycles. The van der Waals surface area contributed by atoms with Crippen LogP contribution in [-0.4, -0.2) is 39.0 Å². The molecule has 1 fully saturated rings. The van der Waals surface area contributed by atoms with Gasteiger partial charge in [-0.2, -0.15) is 0 Å². The van der Waals surface area contributed by atoms with Gasteiger partial charge in [-0.05, 0) is 56.9 Å². The lowest BCUT2D eigenvalue weighted by Crippen LogP contribution is -2.51. The molecule has 28 heavy (non-hydrogen) atoms. The molecule has 0 N–H and O–H groups in total. The monoisotopic (exact) mass is 403 g/mol. The first kappa shape index (κ1) is 20.7. The summed E-state index contributed by atoms with van der Waals surface area (Å²) < 4.78 is 8.23. The summed E-state index contributed by atoms with van der Waals surface area (Å²) >= 11 is 5.92. The van der Waals surface area contributed by atoms with Crippen molar-refractivity contribution in [1.29, 1.82) is 0 Å².